The Morgan fingerprint density at radius 2 is 1.58 bits per heavy atom. The van der Waals surface area contributed by atoms with E-state index in [0.29, 0.717) is 17.0 Å². The number of benzene rings is 3. The van der Waals surface area contributed by atoms with Crippen molar-refractivity contribution in [1.82, 2.24) is 5.32 Å². The Morgan fingerprint density at radius 3 is 2.26 bits per heavy atom. The highest BCUT2D eigenvalue weighted by Crippen LogP contribution is 2.24. The highest BCUT2D eigenvalue weighted by atomic mass is 32.2. The molecule has 0 saturated carbocycles. The first-order chi connectivity index (χ1) is 14.9. The molecule has 160 valence electrons. The molecule has 3 aromatic carbocycles. The van der Waals surface area contributed by atoms with Gasteiger partial charge in [-0.25, -0.2) is 8.42 Å². The molecule has 3 rings (SSSR count). The number of sulfonamides is 1. The van der Waals surface area contributed by atoms with E-state index < -0.39 is 10.0 Å². The molecule has 0 aliphatic rings. The summed E-state index contributed by atoms with van der Waals surface area (Å²) in [5.74, 6) is 0.431. The molecular formula is C24H24N2O4S. The summed E-state index contributed by atoms with van der Waals surface area (Å²) in [5, 5.41) is 4.03. The lowest BCUT2D eigenvalue weighted by Crippen LogP contribution is -2.26. The zero-order valence-electron chi connectivity index (χ0n) is 17.3. The second kappa shape index (κ2) is 9.95. The number of hydrogen-bond acceptors (Lipinski definition) is 4. The third kappa shape index (κ3) is 6.20. The van der Waals surface area contributed by atoms with Crippen LogP contribution in [0.25, 0.3) is 6.08 Å². The molecule has 2 N–H and O–H groups in total. The van der Waals surface area contributed by atoms with E-state index in [0.717, 1.165) is 16.5 Å². The van der Waals surface area contributed by atoms with Gasteiger partial charge < -0.3 is 10.1 Å². The summed E-state index contributed by atoms with van der Waals surface area (Å²) in [7, 11) is -2.09. The van der Waals surface area contributed by atoms with E-state index in [9.17, 15) is 13.2 Å². The zero-order chi connectivity index (χ0) is 22.3. The van der Waals surface area contributed by atoms with Gasteiger partial charge in [-0.05, 0) is 48.9 Å². The number of carbonyl (C=O) groups is 1. The topological polar surface area (TPSA) is 84.5 Å². The number of rotatable bonds is 8. The van der Waals surface area contributed by atoms with Crippen LogP contribution in [-0.2, 0) is 10.0 Å². The fourth-order valence-corrected chi connectivity index (χ4v) is 3.87. The van der Waals surface area contributed by atoms with Crippen molar-refractivity contribution in [2.45, 2.75) is 13.0 Å². The van der Waals surface area contributed by atoms with Gasteiger partial charge in [-0.2, -0.15) is 0 Å². The highest BCUT2D eigenvalue weighted by molar-refractivity contribution is 7.95. The van der Waals surface area contributed by atoms with Gasteiger partial charge in [-0.3, -0.25) is 9.52 Å². The first kappa shape index (κ1) is 22.1. The largest absolute Gasteiger partial charge is 0.496 e. The summed E-state index contributed by atoms with van der Waals surface area (Å²) in [6, 6.07) is 22.6. The van der Waals surface area contributed by atoms with Gasteiger partial charge in [0.25, 0.3) is 15.9 Å². The third-order valence-electron chi connectivity index (χ3n) is 4.60. The van der Waals surface area contributed by atoms with Crippen molar-refractivity contribution < 1.29 is 17.9 Å². The molecule has 0 spiro atoms. The van der Waals surface area contributed by atoms with Gasteiger partial charge in [0.15, 0.2) is 0 Å². The molecule has 0 fully saturated rings. The second-order valence-corrected chi connectivity index (χ2v) is 8.44. The summed E-state index contributed by atoms with van der Waals surface area (Å²) in [6.07, 6.45) is 1.52. The molecule has 7 heteroatoms. The van der Waals surface area contributed by atoms with Crippen LogP contribution in [0.1, 0.15) is 34.5 Å². The van der Waals surface area contributed by atoms with Crippen molar-refractivity contribution in [3.63, 3.8) is 0 Å². The van der Waals surface area contributed by atoms with Crippen molar-refractivity contribution >= 4 is 27.7 Å². The molecule has 0 saturated heterocycles. The maximum atomic E-state index is 12.6. The lowest BCUT2D eigenvalue weighted by atomic mass is 10.1. The van der Waals surface area contributed by atoms with E-state index in [1.807, 2.05) is 61.5 Å². The Hall–Kier alpha value is -3.58. The summed E-state index contributed by atoms with van der Waals surface area (Å²) in [4.78, 5) is 12.6. The fraction of sp³-hybridized carbons (Fsp3) is 0.125. The Labute approximate surface area is 182 Å². The maximum Gasteiger partial charge on any atom is 0.255 e. The molecule has 0 radical (unpaired) electrons. The van der Waals surface area contributed by atoms with Crippen LogP contribution in [0.4, 0.5) is 5.69 Å². The molecule has 1 atom stereocenters. The standard InChI is InChI=1S/C24H24N2O4S/c1-18(22-10-6-7-11-23(22)30-2)25-24(27)20-12-14-21(15-13-20)26-31(28,29)17-16-19-8-4-3-5-9-19/h3-18,26H,1-2H3,(H,25,27)/b17-16+. The zero-order valence-corrected chi connectivity index (χ0v) is 18.1. The minimum Gasteiger partial charge on any atom is -0.496 e. The molecule has 0 bridgehead atoms. The van der Waals surface area contributed by atoms with Crippen molar-refractivity contribution in [3.05, 3.63) is 101 Å². The number of para-hydroxylation sites is 1. The Morgan fingerprint density at radius 1 is 0.935 bits per heavy atom. The minimum atomic E-state index is -3.67. The van der Waals surface area contributed by atoms with Crippen LogP contribution in [0.3, 0.4) is 0 Å². The van der Waals surface area contributed by atoms with E-state index in [4.69, 9.17) is 4.74 Å². The smallest absolute Gasteiger partial charge is 0.255 e. The van der Waals surface area contributed by atoms with Crippen LogP contribution in [0.5, 0.6) is 5.75 Å². The number of ether oxygens (including phenoxy) is 1. The molecule has 0 aliphatic heterocycles. The molecule has 0 heterocycles. The molecule has 1 unspecified atom stereocenters. The lowest BCUT2D eigenvalue weighted by Gasteiger charge is -2.17. The van der Waals surface area contributed by atoms with Gasteiger partial charge >= 0.3 is 0 Å². The summed E-state index contributed by atoms with van der Waals surface area (Å²) in [5.41, 5.74) is 2.44. The van der Waals surface area contributed by atoms with Crippen LogP contribution in [0, 0.1) is 0 Å². The van der Waals surface area contributed by atoms with E-state index in [2.05, 4.69) is 10.0 Å². The molecule has 3 aromatic rings. The molecule has 0 aliphatic carbocycles. The van der Waals surface area contributed by atoms with Gasteiger partial charge in [0.2, 0.25) is 0 Å². The SMILES string of the molecule is COc1ccccc1C(C)NC(=O)c1ccc(NS(=O)(=O)/C=C/c2ccccc2)cc1. The van der Waals surface area contributed by atoms with Crippen LogP contribution < -0.4 is 14.8 Å². The molecule has 31 heavy (non-hydrogen) atoms. The van der Waals surface area contributed by atoms with E-state index >= 15 is 0 Å². The third-order valence-corrected chi connectivity index (χ3v) is 5.61. The Bertz CT molecular complexity index is 1160. The first-order valence-electron chi connectivity index (χ1n) is 9.68. The number of hydrogen-bond donors (Lipinski definition) is 2. The normalized spacial score (nSPS) is 12.3. The Kier molecular flexibility index (Phi) is 7.10. The van der Waals surface area contributed by atoms with E-state index in [-0.39, 0.29) is 11.9 Å². The fourth-order valence-electron chi connectivity index (χ4n) is 3.00. The van der Waals surface area contributed by atoms with E-state index in [1.165, 1.54) is 6.08 Å². The highest BCUT2D eigenvalue weighted by Gasteiger charge is 2.15. The number of carbonyl (C=O) groups excluding carboxylic acids is 1. The van der Waals surface area contributed by atoms with Crippen LogP contribution in [-0.4, -0.2) is 21.4 Å². The molecule has 0 aromatic heterocycles. The number of amides is 1. The van der Waals surface area contributed by atoms with Crippen LogP contribution in [0.15, 0.2) is 84.3 Å². The number of nitrogens with one attached hydrogen (secondary N) is 2. The quantitative estimate of drug-likeness (QED) is 0.541. The maximum absolute atomic E-state index is 12.6. The molecule has 1 amide bonds. The predicted octanol–water partition coefficient (Wildman–Crippen LogP) is 4.60. The van der Waals surface area contributed by atoms with Gasteiger partial charge in [0, 0.05) is 16.8 Å². The van der Waals surface area contributed by atoms with Crippen molar-refractivity contribution in [2.75, 3.05) is 11.8 Å². The predicted molar refractivity (Wildman–Crippen MR) is 123 cm³/mol. The van der Waals surface area contributed by atoms with Crippen LogP contribution in [0.2, 0.25) is 0 Å². The summed E-state index contributed by atoms with van der Waals surface area (Å²) >= 11 is 0. The van der Waals surface area contributed by atoms with Gasteiger partial charge in [-0.15, -0.1) is 0 Å². The average Bonchev–Trinajstić information content (AvgIpc) is 2.78. The Balaban J connectivity index is 1.64. The monoisotopic (exact) mass is 436 g/mol. The van der Waals surface area contributed by atoms with Gasteiger partial charge in [-0.1, -0.05) is 48.5 Å². The van der Waals surface area contributed by atoms with Crippen molar-refractivity contribution in [2.24, 2.45) is 0 Å². The van der Waals surface area contributed by atoms with Crippen molar-refractivity contribution in [1.29, 1.82) is 0 Å². The minimum absolute atomic E-state index is 0.259. The second-order valence-electron chi connectivity index (χ2n) is 6.87. The van der Waals surface area contributed by atoms with Gasteiger partial charge in [0.1, 0.15) is 5.75 Å². The summed E-state index contributed by atoms with van der Waals surface area (Å²) < 4.78 is 32.3. The summed E-state index contributed by atoms with van der Waals surface area (Å²) in [6.45, 7) is 1.87. The van der Waals surface area contributed by atoms with Gasteiger partial charge in [0.05, 0.1) is 18.6 Å². The average molecular weight is 437 g/mol. The molecule has 6 nitrogen and oxygen atoms in total. The van der Waals surface area contributed by atoms with Crippen molar-refractivity contribution in [3.8, 4) is 5.75 Å². The number of anilines is 1. The molecular weight excluding hydrogens is 412 g/mol. The number of methoxy groups -OCH3 is 1. The lowest BCUT2D eigenvalue weighted by molar-refractivity contribution is 0.0939. The first-order valence-corrected chi connectivity index (χ1v) is 11.2. The van der Waals surface area contributed by atoms with E-state index in [1.54, 1.807) is 31.4 Å². The van der Waals surface area contributed by atoms with Crippen LogP contribution >= 0.6 is 0 Å².